The highest BCUT2D eigenvalue weighted by atomic mass is 32.2. The Morgan fingerprint density at radius 1 is 1.14 bits per heavy atom. The normalized spacial score (nSPS) is 19.5. The topological polar surface area (TPSA) is 96.9 Å². The Hall–Kier alpha value is -1.39. The lowest BCUT2D eigenvalue weighted by atomic mass is 10.1. The number of piperidine rings is 1. The lowest BCUT2D eigenvalue weighted by Gasteiger charge is -2.31. The molecule has 10 heteroatoms. The van der Waals surface area contributed by atoms with Crippen LogP contribution in [0.25, 0.3) is 0 Å². The Labute approximate surface area is 168 Å². The number of pyridine rings is 1. The molecule has 0 bridgehead atoms. The monoisotopic (exact) mass is 431 g/mol. The van der Waals surface area contributed by atoms with Crippen molar-refractivity contribution in [2.75, 3.05) is 30.2 Å². The Morgan fingerprint density at radius 3 is 2.36 bits per heavy atom. The van der Waals surface area contributed by atoms with Gasteiger partial charge in [-0.25, -0.2) is 26.1 Å². The highest BCUT2D eigenvalue weighted by Crippen LogP contribution is 2.33. The fourth-order valence-corrected chi connectivity index (χ4v) is 6.48. The number of aromatic nitrogens is 1. The minimum absolute atomic E-state index is 0.0936. The molecule has 1 saturated carbocycles. The molecule has 8 nitrogen and oxygen atoms in total. The maximum atomic E-state index is 12.3. The van der Waals surface area contributed by atoms with Crippen molar-refractivity contribution in [2.45, 2.75) is 56.8 Å². The van der Waals surface area contributed by atoms with E-state index in [4.69, 9.17) is 4.74 Å². The quantitative estimate of drug-likeness (QED) is 0.593. The molecule has 158 valence electrons. The molecule has 0 amide bonds. The van der Waals surface area contributed by atoms with E-state index in [1.165, 1.54) is 10.5 Å². The number of rotatable bonds is 9. The molecule has 1 aliphatic carbocycles. The molecule has 1 aromatic rings. The van der Waals surface area contributed by atoms with Gasteiger partial charge in [-0.05, 0) is 38.2 Å². The predicted octanol–water partition coefficient (Wildman–Crippen LogP) is 1.98. The third-order valence-electron chi connectivity index (χ3n) is 5.25. The smallest absolute Gasteiger partial charge is 0.237 e. The van der Waals surface area contributed by atoms with Gasteiger partial charge in [0.05, 0.1) is 22.9 Å². The van der Waals surface area contributed by atoms with Crippen molar-refractivity contribution in [3.8, 4) is 5.88 Å². The van der Waals surface area contributed by atoms with Gasteiger partial charge >= 0.3 is 0 Å². The maximum Gasteiger partial charge on any atom is 0.237 e. The first-order valence-electron chi connectivity index (χ1n) is 9.82. The Kier molecular flexibility index (Phi) is 6.51. The van der Waals surface area contributed by atoms with E-state index in [2.05, 4.69) is 4.98 Å². The number of nitrogens with zero attached hydrogens (tertiary/aromatic N) is 3. The fourth-order valence-electron chi connectivity index (χ4n) is 3.22. The van der Waals surface area contributed by atoms with Crippen LogP contribution >= 0.6 is 0 Å². The van der Waals surface area contributed by atoms with Gasteiger partial charge in [0.25, 0.3) is 0 Å². The van der Waals surface area contributed by atoms with E-state index in [1.54, 1.807) is 23.5 Å². The average molecular weight is 432 g/mol. The van der Waals surface area contributed by atoms with Gasteiger partial charge in [-0.2, -0.15) is 0 Å². The largest absolute Gasteiger partial charge is 0.474 e. The molecule has 28 heavy (non-hydrogen) atoms. The van der Waals surface area contributed by atoms with E-state index in [0.717, 1.165) is 6.42 Å². The minimum atomic E-state index is -3.30. The molecule has 0 N–H and O–H groups in total. The second-order valence-corrected chi connectivity index (χ2v) is 11.8. The van der Waals surface area contributed by atoms with Crippen molar-refractivity contribution in [2.24, 2.45) is 0 Å². The van der Waals surface area contributed by atoms with E-state index in [-0.39, 0.29) is 17.1 Å². The molecular formula is C18H29N3O5S2. The molecule has 0 radical (unpaired) electrons. The second kappa shape index (κ2) is 8.54. The van der Waals surface area contributed by atoms with Crippen LogP contribution in [-0.2, 0) is 20.0 Å². The zero-order valence-corrected chi connectivity index (χ0v) is 18.1. The minimum Gasteiger partial charge on any atom is -0.474 e. The summed E-state index contributed by atoms with van der Waals surface area (Å²) >= 11 is 0. The Bertz CT molecular complexity index is 859. The van der Waals surface area contributed by atoms with Crippen LogP contribution in [0.4, 0.5) is 5.69 Å². The first-order chi connectivity index (χ1) is 13.2. The molecule has 1 aliphatic heterocycles. The summed E-state index contributed by atoms with van der Waals surface area (Å²) in [7, 11) is -4.93. The van der Waals surface area contributed by atoms with Gasteiger partial charge in [-0.15, -0.1) is 0 Å². The van der Waals surface area contributed by atoms with Crippen molar-refractivity contribution in [3.63, 3.8) is 0 Å². The van der Waals surface area contributed by atoms with Gasteiger partial charge in [0.2, 0.25) is 25.9 Å². The van der Waals surface area contributed by atoms with E-state index in [9.17, 15) is 16.8 Å². The number of ether oxygens (including phenoxy) is 1. The van der Waals surface area contributed by atoms with E-state index >= 15 is 0 Å². The number of hydrogen-bond acceptors (Lipinski definition) is 6. The Morgan fingerprint density at radius 2 is 1.82 bits per heavy atom. The van der Waals surface area contributed by atoms with Crippen LogP contribution < -0.4 is 9.04 Å². The molecule has 0 atom stereocenters. The summed E-state index contributed by atoms with van der Waals surface area (Å²) in [5.41, 5.74) is 0.510. The van der Waals surface area contributed by atoms with Crippen molar-refractivity contribution >= 4 is 25.7 Å². The van der Waals surface area contributed by atoms with Gasteiger partial charge in [0.15, 0.2) is 0 Å². The number of hydrogen-bond donors (Lipinski definition) is 0. The van der Waals surface area contributed by atoms with Crippen LogP contribution in [-0.4, -0.2) is 63.4 Å². The predicted molar refractivity (Wildman–Crippen MR) is 108 cm³/mol. The molecule has 0 spiro atoms. The highest BCUT2D eigenvalue weighted by molar-refractivity contribution is 7.93. The van der Waals surface area contributed by atoms with E-state index in [0.29, 0.717) is 56.8 Å². The fraction of sp³-hybridized carbons (Fsp3) is 0.722. The van der Waals surface area contributed by atoms with Gasteiger partial charge in [0.1, 0.15) is 6.10 Å². The standard InChI is InChI=1S/C18H29N3O5S2/c1-3-4-13-27(22,23)21-11-9-16(10-12-21)26-18-8-5-15(14-19-18)20(2)28(24,25)17-6-7-17/h5,8,14,16-17H,3-4,6-7,9-13H2,1-2H3. The maximum absolute atomic E-state index is 12.3. The van der Waals surface area contributed by atoms with Crippen molar-refractivity contribution < 1.29 is 21.6 Å². The van der Waals surface area contributed by atoms with Crippen LogP contribution in [0.2, 0.25) is 0 Å². The first kappa shape index (κ1) is 21.3. The first-order valence-corrected chi connectivity index (χ1v) is 12.9. The number of sulfonamides is 2. The van der Waals surface area contributed by atoms with Crippen LogP contribution in [0, 0.1) is 0 Å². The van der Waals surface area contributed by atoms with Gasteiger partial charge in [0, 0.05) is 26.2 Å². The molecule has 0 aromatic carbocycles. The summed E-state index contributed by atoms with van der Waals surface area (Å²) in [5, 5.41) is -0.271. The summed E-state index contributed by atoms with van der Waals surface area (Å²) in [4.78, 5) is 4.24. The van der Waals surface area contributed by atoms with Gasteiger partial charge in [-0.1, -0.05) is 13.3 Å². The lowest BCUT2D eigenvalue weighted by Crippen LogP contribution is -2.42. The van der Waals surface area contributed by atoms with E-state index < -0.39 is 20.0 Å². The molecule has 0 unspecified atom stereocenters. The van der Waals surface area contributed by atoms with Crippen molar-refractivity contribution in [1.82, 2.24) is 9.29 Å². The molecule has 2 heterocycles. The Balaban J connectivity index is 1.53. The molecule has 3 rings (SSSR count). The second-order valence-electron chi connectivity index (χ2n) is 7.45. The van der Waals surface area contributed by atoms with Crippen LogP contribution in [0.15, 0.2) is 18.3 Å². The summed E-state index contributed by atoms with van der Waals surface area (Å²) in [6.45, 7) is 2.89. The number of unbranched alkanes of at least 4 members (excludes halogenated alkanes) is 1. The average Bonchev–Trinajstić information content (AvgIpc) is 3.53. The molecule has 2 fully saturated rings. The molecule has 1 aromatic heterocycles. The highest BCUT2D eigenvalue weighted by Gasteiger charge is 2.39. The number of anilines is 1. The third-order valence-corrected chi connectivity index (χ3v) is 9.49. The SMILES string of the molecule is CCCCS(=O)(=O)N1CCC(Oc2ccc(N(C)S(=O)(=O)C3CC3)cn2)CC1. The van der Waals surface area contributed by atoms with Gasteiger partial charge < -0.3 is 4.74 Å². The van der Waals surface area contributed by atoms with Crippen LogP contribution in [0.5, 0.6) is 5.88 Å². The van der Waals surface area contributed by atoms with Crippen LogP contribution in [0.1, 0.15) is 45.4 Å². The molecule has 1 saturated heterocycles. The van der Waals surface area contributed by atoms with Crippen LogP contribution in [0.3, 0.4) is 0 Å². The lowest BCUT2D eigenvalue weighted by molar-refractivity contribution is 0.130. The summed E-state index contributed by atoms with van der Waals surface area (Å²) in [6, 6.07) is 3.35. The summed E-state index contributed by atoms with van der Waals surface area (Å²) < 4.78 is 57.8. The van der Waals surface area contributed by atoms with Crippen molar-refractivity contribution in [1.29, 1.82) is 0 Å². The molecular weight excluding hydrogens is 402 g/mol. The van der Waals surface area contributed by atoms with Crippen molar-refractivity contribution in [3.05, 3.63) is 18.3 Å². The van der Waals surface area contributed by atoms with Gasteiger partial charge in [-0.3, -0.25) is 4.31 Å². The van der Waals surface area contributed by atoms with E-state index in [1.807, 2.05) is 6.92 Å². The third kappa shape index (κ3) is 4.96. The summed E-state index contributed by atoms with van der Waals surface area (Å²) in [5.74, 6) is 0.628. The molecule has 2 aliphatic rings. The zero-order chi connectivity index (χ0) is 20.4. The summed E-state index contributed by atoms with van der Waals surface area (Å²) in [6.07, 6.45) is 5.61. The zero-order valence-electron chi connectivity index (χ0n) is 16.5.